The highest BCUT2D eigenvalue weighted by Crippen LogP contribution is 2.34. The molecule has 0 bridgehead atoms. The maximum atomic E-state index is 14.7. The Morgan fingerprint density at radius 3 is 2.77 bits per heavy atom. The van der Waals surface area contributed by atoms with Crippen LogP contribution < -0.4 is 5.32 Å². The van der Waals surface area contributed by atoms with Crippen LogP contribution in [0.5, 0.6) is 0 Å². The van der Waals surface area contributed by atoms with Crippen molar-refractivity contribution >= 4 is 28.4 Å². The number of likely N-dealkylation sites (N-methyl/N-ethyl adjacent to an activating group) is 1. The predicted molar refractivity (Wildman–Crippen MR) is 162 cm³/mol. The van der Waals surface area contributed by atoms with Crippen LogP contribution in [-0.4, -0.2) is 51.9 Å². The van der Waals surface area contributed by atoms with Gasteiger partial charge < -0.3 is 10.2 Å². The van der Waals surface area contributed by atoms with Gasteiger partial charge in [0.2, 0.25) is 0 Å². The lowest BCUT2D eigenvalue weighted by Crippen LogP contribution is -2.45. The van der Waals surface area contributed by atoms with Gasteiger partial charge in [-0.15, -0.1) is 0 Å². The number of hydrogen-bond donors (Lipinski definition) is 2. The largest absolute Gasteiger partial charge is 0.350 e. The molecule has 0 aliphatic carbocycles. The molecule has 0 spiro atoms. The molecule has 1 aliphatic heterocycles. The topological polar surface area (TPSA) is 59.6 Å². The van der Waals surface area contributed by atoms with Gasteiger partial charge in [0.25, 0.3) is 0 Å². The summed E-state index contributed by atoms with van der Waals surface area (Å²) in [6, 6.07) is 10.2. The Bertz CT molecular complexity index is 1370. The van der Waals surface area contributed by atoms with E-state index in [0.29, 0.717) is 6.54 Å². The first-order valence-corrected chi connectivity index (χ1v) is 14.1. The monoisotopic (exact) mass is 530 g/mol. The second-order valence-electron chi connectivity index (χ2n) is 10.8. The van der Waals surface area contributed by atoms with Gasteiger partial charge in [-0.05, 0) is 70.0 Å². The lowest BCUT2D eigenvalue weighted by atomic mass is 10.0. The van der Waals surface area contributed by atoms with Gasteiger partial charge in [-0.1, -0.05) is 45.1 Å². The number of aromatic amines is 1. The molecule has 6 nitrogen and oxygen atoms in total. The van der Waals surface area contributed by atoms with Gasteiger partial charge in [0.15, 0.2) is 0 Å². The molecule has 3 aromatic rings. The third kappa shape index (κ3) is 6.41. The van der Waals surface area contributed by atoms with E-state index < -0.39 is 0 Å². The van der Waals surface area contributed by atoms with E-state index in [1.54, 1.807) is 12.1 Å². The molecule has 1 aliphatic rings. The summed E-state index contributed by atoms with van der Waals surface area (Å²) in [5.41, 5.74) is 7.04. The average molecular weight is 531 g/mol. The van der Waals surface area contributed by atoms with E-state index in [1.165, 1.54) is 5.56 Å². The molecule has 2 aromatic carbocycles. The minimum Gasteiger partial charge on any atom is -0.350 e. The van der Waals surface area contributed by atoms with Gasteiger partial charge in [-0.3, -0.25) is 15.0 Å². The maximum absolute atomic E-state index is 14.7. The Morgan fingerprint density at radius 2 is 2.08 bits per heavy atom. The number of benzene rings is 2. The Kier molecular flexibility index (Phi) is 9.23. The number of H-pyrrole nitrogens is 1. The van der Waals surface area contributed by atoms with Crippen LogP contribution in [0.2, 0.25) is 0 Å². The van der Waals surface area contributed by atoms with Crippen LogP contribution in [0.15, 0.2) is 53.8 Å². The third-order valence-corrected chi connectivity index (χ3v) is 7.46. The van der Waals surface area contributed by atoms with Crippen LogP contribution in [0.3, 0.4) is 0 Å². The van der Waals surface area contributed by atoms with Crippen molar-refractivity contribution in [2.75, 3.05) is 18.9 Å². The zero-order chi connectivity index (χ0) is 28.1. The van der Waals surface area contributed by atoms with Crippen LogP contribution >= 0.6 is 0 Å². The smallest absolute Gasteiger partial charge is 0.127 e. The molecule has 0 unspecified atom stereocenters. The number of fused-ring (bicyclic) bond motifs is 2. The second kappa shape index (κ2) is 12.6. The van der Waals surface area contributed by atoms with Crippen LogP contribution in [0.25, 0.3) is 16.5 Å². The number of aliphatic imine (C=N–C) groups is 1. The van der Waals surface area contributed by atoms with Gasteiger partial charge in [-0.25, -0.2) is 4.39 Å². The summed E-state index contributed by atoms with van der Waals surface area (Å²) >= 11 is 0. The molecule has 4 rings (SSSR count). The van der Waals surface area contributed by atoms with E-state index >= 15 is 0 Å². The van der Waals surface area contributed by atoms with Gasteiger partial charge in [0.1, 0.15) is 11.5 Å². The van der Waals surface area contributed by atoms with Crippen molar-refractivity contribution in [2.24, 2.45) is 4.99 Å². The number of halogens is 1. The van der Waals surface area contributed by atoms with E-state index in [0.717, 1.165) is 77.2 Å². The summed E-state index contributed by atoms with van der Waals surface area (Å²) in [6.07, 6.45) is 6.87. The average Bonchev–Trinajstić information content (AvgIpc) is 3.30. The molecule has 1 atom stereocenters. The molecule has 0 saturated carbocycles. The van der Waals surface area contributed by atoms with E-state index in [2.05, 4.69) is 89.8 Å². The van der Waals surface area contributed by atoms with Crippen molar-refractivity contribution in [1.29, 1.82) is 0 Å². The Morgan fingerprint density at radius 1 is 1.28 bits per heavy atom. The normalized spacial score (nSPS) is 15.1. The fourth-order valence-electron chi connectivity index (χ4n) is 5.42. The molecule has 7 heteroatoms. The lowest BCUT2D eigenvalue weighted by Gasteiger charge is -2.41. The number of rotatable bonds is 11. The molecule has 2 N–H and O–H groups in total. The molecular weight excluding hydrogens is 487 g/mol. The van der Waals surface area contributed by atoms with Crippen molar-refractivity contribution in [3.63, 3.8) is 0 Å². The van der Waals surface area contributed by atoms with Crippen molar-refractivity contribution in [3.8, 4) is 0 Å². The van der Waals surface area contributed by atoms with E-state index in [1.807, 2.05) is 19.2 Å². The van der Waals surface area contributed by atoms with Gasteiger partial charge in [-0.2, -0.15) is 5.10 Å². The Balaban J connectivity index is 1.59. The summed E-state index contributed by atoms with van der Waals surface area (Å²) in [4.78, 5) is 9.19. The molecular formula is C32H43FN6. The number of anilines is 1. The van der Waals surface area contributed by atoms with Crippen molar-refractivity contribution in [2.45, 2.75) is 79.1 Å². The first kappa shape index (κ1) is 28.6. The minimum absolute atomic E-state index is 0.120. The van der Waals surface area contributed by atoms with Crippen LogP contribution in [0, 0.1) is 5.82 Å². The molecule has 39 heavy (non-hydrogen) atoms. The molecule has 0 fully saturated rings. The third-order valence-electron chi connectivity index (χ3n) is 7.46. The number of nitrogens with one attached hydrogen (secondary N) is 2. The molecule has 208 valence electrons. The van der Waals surface area contributed by atoms with Crippen LogP contribution in [0.1, 0.15) is 69.8 Å². The van der Waals surface area contributed by atoms with E-state index in [-0.39, 0.29) is 17.9 Å². The lowest BCUT2D eigenvalue weighted by molar-refractivity contribution is 0.166. The summed E-state index contributed by atoms with van der Waals surface area (Å²) < 4.78 is 14.7. The van der Waals surface area contributed by atoms with Gasteiger partial charge in [0.05, 0.1) is 11.3 Å². The Hall–Kier alpha value is -3.45. The summed E-state index contributed by atoms with van der Waals surface area (Å²) in [6.45, 7) is 17.0. The quantitative estimate of drug-likeness (QED) is 0.259. The van der Waals surface area contributed by atoms with Crippen LogP contribution in [0.4, 0.5) is 10.1 Å². The molecule has 0 radical (unpaired) electrons. The van der Waals surface area contributed by atoms with Crippen molar-refractivity contribution in [1.82, 2.24) is 20.0 Å². The maximum Gasteiger partial charge on any atom is 0.127 e. The second-order valence-corrected chi connectivity index (χ2v) is 10.8. The first-order valence-electron chi connectivity index (χ1n) is 14.1. The number of aryl methyl sites for hydroxylation is 1. The van der Waals surface area contributed by atoms with Gasteiger partial charge >= 0.3 is 0 Å². The SMILES string of the molecule is C=C1Nc2cc3[nH]nc(C(/C=N\C(C)C)=C/C)c3cc2CN1[C@H](CCC)CN(C)Cc1c(F)cccc1CC. The summed E-state index contributed by atoms with van der Waals surface area (Å²) in [7, 11) is 2.08. The number of nitrogens with zero attached hydrogens (tertiary/aromatic N) is 4. The fraction of sp³-hybridized carbons (Fsp3) is 0.438. The molecule has 0 saturated heterocycles. The highest BCUT2D eigenvalue weighted by Gasteiger charge is 2.27. The number of allylic oxidation sites excluding steroid dienone is 2. The van der Waals surface area contributed by atoms with Gasteiger partial charge in [0, 0.05) is 60.1 Å². The molecule has 2 heterocycles. The van der Waals surface area contributed by atoms with E-state index in [9.17, 15) is 4.39 Å². The molecule has 1 aromatic heterocycles. The fourth-order valence-corrected chi connectivity index (χ4v) is 5.42. The summed E-state index contributed by atoms with van der Waals surface area (Å²) in [5, 5.41) is 12.5. The number of aromatic nitrogens is 2. The predicted octanol–water partition coefficient (Wildman–Crippen LogP) is 7.15. The summed E-state index contributed by atoms with van der Waals surface area (Å²) in [5.74, 6) is 0.775. The standard InChI is InChI=1S/C32H43FN6/c1-8-12-26(19-38(7)20-28-23(9-2)13-11-14-29(28)33)39-18-25-15-27-31(16-30(25)35-22(39)6)36-37-32(27)24(10-3)17-34-21(4)5/h10-11,13-17,21,26,35H,6,8-9,12,18-20H2,1-5,7H3,(H,36,37)/b24-10+,34-17-/t26-/m1/s1. The zero-order valence-corrected chi connectivity index (χ0v) is 24.3. The highest BCUT2D eigenvalue weighted by molar-refractivity contribution is 6.13. The first-order chi connectivity index (χ1) is 18.7. The number of hydrogen-bond acceptors (Lipinski definition) is 5. The highest BCUT2D eigenvalue weighted by atomic mass is 19.1. The zero-order valence-electron chi connectivity index (χ0n) is 24.3. The van der Waals surface area contributed by atoms with Crippen LogP contribution in [-0.2, 0) is 19.5 Å². The minimum atomic E-state index is -0.120. The Labute approximate surface area is 232 Å². The van der Waals surface area contributed by atoms with E-state index in [4.69, 9.17) is 0 Å². The molecule has 0 amide bonds. The van der Waals surface area contributed by atoms with Crippen molar-refractivity contribution < 1.29 is 4.39 Å². The van der Waals surface area contributed by atoms with Crippen molar-refractivity contribution in [3.05, 3.63) is 77.0 Å².